The molecule has 0 aliphatic heterocycles. The Hall–Kier alpha value is -3.13. The molecule has 0 aliphatic rings. The van der Waals surface area contributed by atoms with E-state index >= 15 is 0 Å². The van der Waals surface area contributed by atoms with Gasteiger partial charge in [0.05, 0.1) is 20.0 Å². The Morgan fingerprint density at radius 1 is 0.931 bits per heavy atom. The summed E-state index contributed by atoms with van der Waals surface area (Å²) in [6.07, 6.45) is 1.93. The fraction of sp³-hybridized carbons (Fsp3) is 0.238. The number of benzene rings is 2. The average molecular weight is 417 g/mol. The van der Waals surface area contributed by atoms with Crippen LogP contribution in [0.25, 0.3) is 0 Å². The van der Waals surface area contributed by atoms with Gasteiger partial charge in [-0.05, 0) is 17.5 Å². The van der Waals surface area contributed by atoms with E-state index in [0.717, 1.165) is 18.2 Å². The van der Waals surface area contributed by atoms with Gasteiger partial charge in [-0.15, -0.1) is 0 Å². The Balaban J connectivity index is 2.61. The number of nitrogens with one attached hydrogen (secondary N) is 1. The standard InChI is InChI=1S/C21H23NO6S/c1-27-19(23)14-9-15-21(17-10-5-3-6-11-17,18-12-7-4-8-13-18)16-29(25,26)22-20(24)28-2/h3-14H,15-16H2,1-2H3,(H,22,24)/b14-9+. The highest BCUT2D eigenvalue weighted by molar-refractivity contribution is 7.90. The maximum atomic E-state index is 12.8. The highest BCUT2D eigenvalue weighted by Crippen LogP contribution is 2.37. The third-order valence-electron chi connectivity index (χ3n) is 4.43. The van der Waals surface area contributed by atoms with Gasteiger partial charge in [-0.3, -0.25) is 0 Å². The van der Waals surface area contributed by atoms with Crippen molar-refractivity contribution >= 4 is 22.1 Å². The van der Waals surface area contributed by atoms with Crippen molar-refractivity contribution in [2.75, 3.05) is 20.0 Å². The molecule has 29 heavy (non-hydrogen) atoms. The van der Waals surface area contributed by atoms with Crippen molar-refractivity contribution in [2.24, 2.45) is 0 Å². The molecule has 0 heterocycles. The summed E-state index contributed by atoms with van der Waals surface area (Å²) < 4.78 is 36.5. The van der Waals surface area contributed by atoms with E-state index in [4.69, 9.17) is 0 Å². The van der Waals surface area contributed by atoms with Gasteiger partial charge in [0.2, 0.25) is 10.0 Å². The van der Waals surface area contributed by atoms with Crippen molar-refractivity contribution in [1.29, 1.82) is 0 Å². The number of allylic oxidation sites excluding steroid dienone is 1. The second-order valence-corrected chi connectivity index (χ2v) is 8.02. The molecular weight excluding hydrogens is 394 g/mol. The number of amides is 1. The van der Waals surface area contributed by atoms with Crippen LogP contribution in [0.4, 0.5) is 4.79 Å². The lowest BCUT2D eigenvalue weighted by atomic mass is 9.73. The highest BCUT2D eigenvalue weighted by atomic mass is 32.2. The van der Waals surface area contributed by atoms with E-state index in [-0.39, 0.29) is 6.42 Å². The Labute approximate surface area is 170 Å². The molecule has 154 valence electrons. The molecule has 2 aromatic carbocycles. The molecule has 0 saturated heterocycles. The topological polar surface area (TPSA) is 98.8 Å². The first-order valence-electron chi connectivity index (χ1n) is 8.77. The van der Waals surface area contributed by atoms with Crippen LogP contribution in [0.3, 0.4) is 0 Å². The molecule has 1 amide bonds. The van der Waals surface area contributed by atoms with Gasteiger partial charge in [0, 0.05) is 11.5 Å². The monoisotopic (exact) mass is 417 g/mol. The van der Waals surface area contributed by atoms with Crippen LogP contribution in [0.15, 0.2) is 72.8 Å². The lowest BCUT2D eigenvalue weighted by Crippen LogP contribution is -2.42. The van der Waals surface area contributed by atoms with Gasteiger partial charge in [0.1, 0.15) is 0 Å². The van der Waals surface area contributed by atoms with Gasteiger partial charge in [-0.25, -0.2) is 22.7 Å². The Morgan fingerprint density at radius 3 is 1.90 bits per heavy atom. The van der Waals surface area contributed by atoms with E-state index in [1.807, 2.05) is 41.1 Å². The minimum Gasteiger partial charge on any atom is -0.466 e. The van der Waals surface area contributed by atoms with E-state index in [1.54, 1.807) is 30.3 Å². The number of sulfonamides is 1. The van der Waals surface area contributed by atoms with E-state index in [0.29, 0.717) is 0 Å². The van der Waals surface area contributed by atoms with E-state index in [1.165, 1.54) is 13.2 Å². The second-order valence-electron chi connectivity index (χ2n) is 6.30. The van der Waals surface area contributed by atoms with Gasteiger partial charge < -0.3 is 9.47 Å². The molecule has 8 heteroatoms. The van der Waals surface area contributed by atoms with Crippen molar-refractivity contribution in [3.8, 4) is 0 Å². The molecule has 7 nitrogen and oxygen atoms in total. The lowest BCUT2D eigenvalue weighted by Gasteiger charge is -2.34. The normalized spacial score (nSPS) is 11.8. The Morgan fingerprint density at radius 2 is 1.45 bits per heavy atom. The molecule has 0 aliphatic carbocycles. The molecule has 0 saturated carbocycles. The molecular formula is C21H23NO6S. The van der Waals surface area contributed by atoms with Crippen molar-refractivity contribution in [3.05, 3.63) is 83.9 Å². The summed E-state index contributed by atoms with van der Waals surface area (Å²) in [5.41, 5.74) is 0.374. The SMILES string of the molecule is COC(=O)/C=C/CC(CS(=O)(=O)NC(=O)OC)(c1ccccc1)c1ccccc1. The van der Waals surface area contributed by atoms with E-state index < -0.39 is 33.3 Å². The zero-order valence-electron chi connectivity index (χ0n) is 16.2. The maximum absolute atomic E-state index is 12.8. The number of hydrogen-bond acceptors (Lipinski definition) is 6. The molecule has 1 N–H and O–H groups in total. The minimum absolute atomic E-state index is 0.179. The maximum Gasteiger partial charge on any atom is 0.420 e. The number of carbonyl (C=O) groups is 2. The predicted molar refractivity (Wildman–Crippen MR) is 109 cm³/mol. The predicted octanol–water partition coefficient (Wildman–Crippen LogP) is 2.78. The van der Waals surface area contributed by atoms with Crippen LogP contribution < -0.4 is 4.72 Å². The van der Waals surface area contributed by atoms with Crippen LogP contribution in [0.1, 0.15) is 17.5 Å². The average Bonchev–Trinajstić information content (AvgIpc) is 2.73. The number of hydrogen-bond donors (Lipinski definition) is 1. The van der Waals surface area contributed by atoms with Crippen molar-refractivity contribution in [2.45, 2.75) is 11.8 Å². The molecule has 2 aromatic rings. The largest absolute Gasteiger partial charge is 0.466 e. The second kappa shape index (κ2) is 9.88. The summed E-state index contributed by atoms with van der Waals surface area (Å²) in [5, 5.41) is 0. The summed E-state index contributed by atoms with van der Waals surface area (Å²) in [6.45, 7) is 0. The molecule has 0 spiro atoms. The summed E-state index contributed by atoms with van der Waals surface area (Å²) in [7, 11) is -1.73. The first-order valence-corrected chi connectivity index (χ1v) is 10.4. The number of carbonyl (C=O) groups excluding carboxylic acids is 2. The zero-order valence-corrected chi connectivity index (χ0v) is 17.0. The number of ether oxygens (including phenoxy) is 2. The van der Waals surface area contributed by atoms with Crippen molar-refractivity contribution in [1.82, 2.24) is 4.72 Å². The van der Waals surface area contributed by atoms with Gasteiger partial charge in [-0.2, -0.15) is 0 Å². The van der Waals surface area contributed by atoms with Gasteiger partial charge in [0.25, 0.3) is 0 Å². The van der Waals surface area contributed by atoms with Crippen LogP contribution >= 0.6 is 0 Å². The van der Waals surface area contributed by atoms with Crippen molar-refractivity contribution < 1.29 is 27.5 Å². The Bertz CT molecular complexity index is 916. The summed E-state index contributed by atoms with van der Waals surface area (Å²) in [6, 6.07) is 18.1. The van der Waals surface area contributed by atoms with Crippen LogP contribution in [-0.2, 0) is 29.7 Å². The van der Waals surface area contributed by atoms with Crippen LogP contribution in [0.2, 0.25) is 0 Å². The fourth-order valence-electron chi connectivity index (χ4n) is 3.10. The summed E-state index contributed by atoms with van der Waals surface area (Å²) in [4.78, 5) is 23.1. The molecule has 0 aromatic heterocycles. The van der Waals surface area contributed by atoms with Crippen LogP contribution in [0, 0.1) is 0 Å². The molecule has 0 radical (unpaired) electrons. The van der Waals surface area contributed by atoms with Crippen molar-refractivity contribution in [3.63, 3.8) is 0 Å². The number of rotatable bonds is 8. The van der Waals surface area contributed by atoms with E-state index in [9.17, 15) is 18.0 Å². The van der Waals surface area contributed by atoms with Crippen LogP contribution in [-0.4, -0.2) is 40.5 Å². The molecule has 0 atom stereocenters. The fourth-order valence-corrected chi connectivity index (χ4v) is 4.61. The summed E-state index contributed by atoms with van der Waals surface area (Å²) in [5.74, 6) is -0.982. The summed E-state index contributed by atoms with van der Waals surface area (Å²) >= 11 is 0. The first kappa shape index (κ1) is 22.2. The highest BCUT2D eigenvalue weighted by Gasteiger charge is 2.38. The first-order chi connectivity index (χ1) is 13.8. The van der Waals surface area contributed by atoms with Gasteiger partial charge in [0.15, 0.2) is 0 Å². The van der Waals surface area contributed by atoms with Crippen LogP contribution in [0.5, 0.6) is 0 Å². The Kier molecular flexibility index (Phi) is 7.55. The number of esters is 1. The smallest absolute Gasteiger partial charge is 0.420 e. The minimum atomic E-state index is -4.08. The third kappa shape index (κ3) is 5.92. The molecule has 2 rings (SSSR count). The lowest BCUT2D eigenvalue weighted by molar-refractivity contribution is -0.134. The van der Waals surface area contributed by atoms with Gasteiger partial charge >= 0.3 is 12.1 Å². The van der Waals surface area contributed by atoms with E-state index in [2.05, 4.69) is 9.47 Å². The zero-order chi connectivity index (χ0) is 21.3. The molecule has 0 fully saturated rings. The third-order valence-corrected chi connectivity index (χ3v) is 5.79. The van der Waals surface area contributed by atoms with Gasteiger partial charge in [-0.1, -0.05) is 66.7 Å². The molecule has 0 unspecified atom stereocenters. The number of methoxy groups -OCH3 is 2. The quantitative estimate of drug-likeness (QED) is 0.524. The molecule has 0 bridgehead atoms.